The summed E-state index contributed by atoms with van der Waals surface area (Å²) in [5.74, 6) is 0. The van der Waals surface area contributed by atoms with Crippen LogP contribution in [0.5, 0.6) is 0 Å². The van der Waals surface area contributed by atoms with Crippen LogP contribution in [0, 0.1) is 0 Å². The molecule has 0 aliphatic carbocycles. The Hall–Kier alpha value is -1.93. The Kier molecular flexibility index (Phi) is 5.39. The van der Waals surface area contributed by atoms with Crippen molar-refractivity contribution in [3.05, 3.63) is 77.8 Å². The zero-order valence-corrected chi connectivity index (χ0v) is 16.6. The highest BCUT2D eigenvalue weighted by Crippen LogP contribution is 2.40. The second-order valence-corrected chi connectivity index (χ2v) is 6.50. The standard InChI is InChI=1S/C18H19N5S.BrH/c1-20-17(15-9-5-3-6-10-15)22(16-11-7-4-8-12-16)23(21(20)2)18-19-13-14-24-18;/h3-14,17H,1-2H3;1H. The summed E-state index contributed by atoms with van der Waals surface area (Å²) in [5, 5.41) is 11.6. The lowest BCUT2D eigenvalue weighted by molar-refractivity contribution is 0.0431. The number of hydrazine groups is 3. The monoisotopic (exact) mass is 417 g/mol. The van der Waals surface area contributed by atoms with Crippen molar-refractivity contribution >= 4 is 39.1 Å². The number of benzene rings is 2. The molecular formula is C18H20BrN5S. The van der Waals surface area contributed by atoms with E-state index in [2.05, 4.69) is 87.9 Å². The number of anilines is 2. The van der Waals surface area contributed by atoms with Gasteiger partial charge in [0.25, 0.3) is 0 Å². The van der Waals surface area contributed by atoms with Crippen LogP contribution in [0.2, 0.25) is 0 Å². The van der Waals surface area contributed by atoms with E-state index in [0.29, 0.717) is 0 Å². The van der Waals surface area contributed by atoms with E-state index in [0.717, 1.165) is 10.8 Å². The molecule has 0 amide bonds. The summed E-state index contributed by atoms with van der Waals surface area (Å²) >= 11 is 1.63. The Morgan fingerprint density at radius 3 is 2.16 bits per heavy atom. The second kappa shape index (κ2) is 7.53. The van der Waals surface area contributed by atoms with Crippen molar-refractivity contribution in [2.75, 3.05) is 24.2 Å². The van der Waals surface area contributed by atoms with Gasteiger partial charge >= 0.3 is 0 Å². The fourth-order valence-corrected chi connectivity index (χ4v) is 3.70. The predicted molar refractivity (Wildman–Crippen MR) is 109 cm³/mol. The third-order valence-electron chi connectivity index (χ3n) is 4.23. The summed E-state index contributed by atoms with van der Waals surface area (Å²) < 4.78 is 0. The topological polar surface area (TPSA) is 25.9 Å². The number of halogens is 1. The molecular weight excluding hydrogens is 398 g/mol. The van der Waals surface area contributed by atoms with E-state index in [4.69, 9.17) is 0 Å². The third kappa shape index (κ3) is 3.16. The van der Waals surface area contributed by atoms with Crippen LogP contribution in [0.15, 0.2) is 72.2 Å². The average Bonchev–Trinajstić information content (AvgIpc) is 3.24. The normalized spacial score (nSPS) is 18.4. The van der Waals surface area contributed by atoms with E-state index in [9.17, 15) is 0 Å². The molecule has 0 saturated carbocycles. The Balaban J connectivity index is 0.00000182. The van der Waals surface area contributed by atoms with Gasteiger partial charge in [0, 0.05) is 25.7 Å². The van der Waals surface area contributed by atoms with Gasteiger partial charge in [0.1, 0.15) is 6.17 Å². The first-order valence-corrected chi connectivity index (χ1v) is 8.70. The lowest BCUT2D eigenvalue weighted by atomic mass is 10.1. The molecule has 4 rings (SSSR count). The van der Waals surface area contributed by atoms with E-state index < -0.39 is 0 Å². The van der Waals surface area contributed by atoms with Crippen LogP contribution < -0.4 is 10.1 Å². The number of hydrogen-bond donors (Lipinski definition) is 0. The van der Waals surface area contributed by atoms with Crippen molar-refractivity contribution in [2.45, 2.75) is 6.17 Å². The maximum Gasteiger partial charge on any atom is 0.221 e. The zero-order valence-electron chi connectivity index (χ0n) is 14.1. The molecule has 0 radical (unpaired) electrons. The zero-order chi connectivity index (χ0) is 16.5. The van der Waals surface area contributed by atoms with Crippen LogP contribution >= 0.6 is 28.3 Å². The molecule has 1 aliphatic rings. The molecule has 7 heteroatoms. The largest absolute Gasteiger partial charge is 0.244 e. The molecule has 1 aliphatic heterocycles. The highest BCUT2D eigenvalue weighted by atomic mass is 79.9. The van der Waals surface area contributed by atoms with Gasteiger partial charge in [0.05, 0.1) is 5.69 Å². The molecule has 2 aromatic carbocycles. The number of rotatable bonds is 3. The van der Waals surface area contributed by atoms with E-state index in [1.165, 1.54) is 5.56 Å². The van der Waals surface area contributed by atoms with Gasteiger partial charge in [-0.3, -0.25) is 0 Å². The van der Waals surface area contributed by atoms with Crippen molar-refractivity contribution in [2.24, 2.45) is 0 Å². The maximum atomic E-state index is 4.52. The van der Waals surface area contributed by atoms with Crippen molar-refractivity contribution in [3.8, 4) is 0 Å². The molecule has 1 saturated heterocycles. The van der Waals surface area contributed by atoms with Crippen LogP contribution in [0.25, 0.3) is 0 Å². The van der Waals surface area contributed by atoms with Gasteiger partial charge in [-0.1, -0.05) is 48.5 Å². The Morgan fingerprint density at radius 1 is 0.920 bits per heavy atom. The summed E-state index contributed by atoms with van der Waals surface area (Å²) in [5.41, 5.74) is 2.35. The molecule has 1 unspecified atom stereocenters. The van der Waals surface area contributed by atoms with Gasteiger partial charge in [-0.15, -0.1) is 33.4 Å². The first kappa shape index (κ1) is 17.9. The first-order chi connectivity index (χ1) is 11.8. The summed E-state index contributed by atoms with van der Waals surface area (Å²) in [6, 6.07) is 21.0. The molecule has 2 heterocycles. The van der Waals surface area contributed by atoms with Crippen LogP contribution in [0.3, 0.4) is 0 Å². The molecule has 1 aromatic heterocycles. The second-order valence-electron chi connectivity index (χ2n) is 5.63. The quantitative estimate of drug-likeness (QED) is 0.630. The van der Waals surface area contributed by atoms with Crippen molar-refractivity contribution in [1.29, 1.82) is 0 Å². The fraction of sp³-hybridized carbons (Fsp3) is 0.167. The first-order valence-electron chi connectivity index (χ1n) is 7.82. The van der Waals surface area contributed by atoms with Crippen molar-refractivity contribution in [3.63, 3.8) is 0 Å². The molecule has 3 aromatic rings. The van der Waals surface area contributed by atoms with E-state index in [1.54, 1.807) is 11.3 Å². The van der Waals surface area contributed by atoms with Crippen molar-refractivity contribution < 1.29 is 0 Å². The highest BCUT2D eigenvalue weighted by molar-refractivity contribution is 8.93. The van der Waals surface area contributed by atoms with Crippen LogP contribution in [0.1, 0.15) is 11.7 Å². The van der Waals surface area contributed by atoms with E-state index in [1.807, 2.05) is 23.7 Å². The van der Waals surface area contributed by atoms with E-state index >= 15 is 0 Å². The van der Waals surface area contributed by atoms with Gasteiger partial charge < -0.3 is 0 Å². The molecule has 0 bridgehead atoms. The molecule has 130 valence electrons. The summed E-state index contributed by atoms with van der Waals surface area (Å²) in [7, 11) is 4.15. The highest BCUT2D eigenvalue weighted by Gasteiger charge is 2.43. The number of aromatic nitrogens is 1. The molecule has 0 N–H and O–H groups in total. The SMILES string of the molecule is Br.CN1C(c2ccccc2)N(c2ccccc2)N(c2nccs2)N1C. The third-order valence-corrected chi connectivity index (χ3v) is 4.97. The minimum Gasteiger partial charge on any atom is -0.244 e. The van der Waals surface area contributed by atoms with Crippen molar-refractivity contribution in [1.82, 2.24) is 15.1 Å². The summed E-state index contributed by atoms with van der Waals surface area (Å²) in [6.45, 7) is 0. The molecule has 25 heavy (non-hydrogen) atoms. The number of hydrogen-bond acceptors (Lipinski definition) is 6. The summed E-state index contributed by atoms with van der Waals surface area (Å²) in [4.78, 5) is 4.52. The minimum absolute atomic E-state index is 0. The lowest BCUT2D eigenvalue weighted by Gasteiger charge is -2.33. The van der Waals surface area contributed by atoms with Gasteiger partial charge in [-0.2, -0.15) is 10.1 Å². The lowest BCUT2D eigenvalue weighted by Crippen LogP contribution is -2.45. The number of para-hydroxylation sites is 1. The fourth-order valence-electron chi connectivity index (χ4n) is 3.04. The Labute approximate surface area is 162 Å². The molecule has 5 nitrogen and oxygen atoms in total. The number of nitrogens with zero attached hydrogens (tertiary/aromatic N) is 5. The Morgan fingerprint density at radius 2 is 1.56 bits per heavy atom. The molecule has 1 atom stereocenters. The van der Waals surface area contributed by atoms with Crippen LogP contribution in [-0.2, 0) is 0 Å². The van der Waals surface area contributed by atoms with Gasteiger partial charge in [0.15, 0.2) is 0 Å². The molecule has 0 spiro atoms. The Bertz CT molecular complexity index is 784. The average molecular weight is 418 g/mol. The molecule has 1 fully saturated rings. The van der Waals surface area contributed by atoms with Gasteiger partial charge in [-0.25, -0.2) is 9.99 Å². The maximum absolute atomic E-state index is 4.52. The van der Waals surface area contributed by atoms with Crippen LogP contribution in [0.4, 0.5) is 10.8 Å². The van der Waals surface area contributed by atoms with Crippen LogP contribution in [-0.4, -0.2) is 29.2 Å². The van der Waals surface area contributed by atoms with Gasteiger partial charge in [0.2, 0.25) is 5.13 Å². The van der Waals surface area contributed by atoms with Gasteiger partial charge in [-0.05, 0) is 17.7 Å². The predicted octanol–water partition coefficient (Wildman–Crippen LogP) is 4.36. The smallest absolute Gasteiger partial charge is 0.221 e. The summed E-state index contributed by atoms with van der Waals surface area (Å²) in [6.07, 6.45) is 1.90. The van der Waals surface area contributed by atoms with E-state index in [-0.39, 0.29) is 23.1 Å². The minimum atomic E-state index is 0. The number of thiazole rings is 1.